The van der Waals surface area contributed by atoms with Crippen molar-refractivity contribution < 1.29 is 14.6 Å². The molecule has 2 aromatic rings. The zero-order valence-corrected chi connectivity index (χ0v) is 17.9. The van der Waals surface area contributed by atoms with Crippen LogP contribution in [0.25, 0.3) is 0 Å². The Kier molecular flexibility index (Phi) is 10.0. The van der Waals surface area contributed by atoms with E-state index in [0.717, 1.165) is 20.0 Å². The third-order valence-corrected chi connectivity index (χ3v) is 5.32. The van der Waals surface area contributed by atoms with Gasteiger partial charge in [-0.2, -0.15) is 0 Å². The van der Waals surface area contributed by atoms with Crippen molar-refractivity contribution in [3.8, 4) is 0 Å². The summed E-state index contributed by atoms with van der Waals surface area (Å²) in [5.74, 6) is 0. The SMILES string of the molecule is O[C@@H](CCOCc1ccc(Br)cc1)C[C@@H](CI)OCc1ccccc1. The van der Waals surface area contributed by atoms with E-state index in [0.29, 0.717) is 32.7 Å². The molecule has 0 aromatic heterocycles. The summed E-state index contributed by atoms with van der Waals surface area (Å²) in [7, 11) is 0. The second-order valence-electron chi connectivity index (χ2n) is 5.93. The summed E-state index contributed by atoms with van der Waals surface area (Å²) in [6, 6.07) is 18.2. The molecule has 0 saturated heterocycles. The van der Waals surface area contributed by atoms with Crippen LogP contribution >= 0.6 is 38.5 Å². The first-order valence-electron chi connectivity index (χ1n) is 8.39. The molecule has 0 radical (unpaired) electrons. The highest BCUT2D eigenvalue weighted by Crippen LogP contribution is 2.14. The number of benzene rings is 2. The summed E-state index contributed by atoms with van der Waals surface area (Å²) < 4.78 is 13.5. The average molecular weight is 519 g/mol. The van der Waals surface area contributed by atoms with Crippen molar-refractivity contribution >= 4 is 38.5 Å². The number of hydrogen-bond acceptors (Lipinski definition) is 3. The molecule has 0 aliphatic heterocycles. The van der Waals surface area contributed by atoms with Crippen molar-refractivity contribution in [3.63, 3.8) is 0 Å². The fourth-order valence-corrected chi connectivity index (χ4v) is 3.25. The van der Waals surface area contributed by atoms with Crippen LogP contribution in [0, 0.1) is 0 Å². The molecule has 2 rings (SSSR count). The molecule has 5 heteroatoms. The Labute approximate surface area is 172 Å². The molecule has 1 N–H and O–H groups in total. The average Bonchev–Trinajstić information content (AvgIpc) is 2.64. The highest BCUT2D eigenvalue weighted by molar-refractivity contribution is 14.1. The van der Waals surface area contributed by atoms with E-state index in [4.69, 9.17) is 9.47 Å². The van der Waals surface area contributed by atoms with E-state index in [2.05, 4.69) is 50.7 Å². The van der Waals surface area contributed by atoms with Gasteiger partial charge in [-0.25, -0.2) is 0 Å². The number of alkyl halides is 1. The molecule has 0 fully saturated rings. The van der Waals surface area contributed by atoms with Crippen LogP contribution in [0.2, 0.25) is 0 Å². The zero-order chi connectivity index (χ0) is 17.9. The predicted octanol–water partition coefficient (Wildman–Crippen LogP) is 5.13. The molecule has 0 unspecified atom stereocenters. The Morgan fingerprint density at radius 2 is 1.64 bits per heavy atom. The number of hydrogen-bond donors (Lipinski definition) is 1. The smallest absolute Gasteiger partial charge is 0.0721 e. The lowest BCUT2D eigenvalue weighted by Crippen LogP contribution is -2.23. The van der Waals surface area contributed by atoms with Crippen LogP contribution in [0.4, 0.5) is 0 Å². The maximum atomic E-state index is 10.2. The minimum Gasteiger partial charge on any atom is -0.393 e. The molecule has 0 spiro atoms. The van der Waals surface area contributed by atoms with Gasteiger partial charge >= 0.3 is 0 Å². The molecule has 2 atom stereocenters. The molecular weight excluding hydrogens is 495 g/mol. The molecule has 2 aromatic carbocycles. The molecule has 3 nitrogen and oxygen atoms in total. The van der Waals surface area contributed by atoms with Crippen molar-refractivity contribution in [2.24, 2.45) is 0 Å². The van der Waals surface area contributed by atoms with Gasteiger partial charge in [0.05, 0.1) is 25.4 Å². The zero-order valence-electron chi connectivity index (χ0n) is 14.1. The van der Waals surface area contributed by atoms with Gasteiger partial charge in [0.2, 0.25) is 0 Å². The van der Waals surface area contributed by atoms with Gasteiger partial charge < -0.3 is 14.6 Å². The van der Waals surface area contributed by atoms with Gasteiger partial charge in [0.15, 0.2) is 0 Å². The molecule has 0 amide bonds. The second-order valence-corrected chi connectivity index (χ2v) is 7.73. The van der Waals surface area contributed by atoms with E-state index in [-0.39, 0.29) is 6.10 Å². The third-order valence-electron chi connectivity index (χ3n) is 3.81. The number of aliphatic hydroxyl groups excluding tert-OH is 1. The maximum Gasteiger partial charge on any atom is 0.0721 e. The molecule has 25 heavy (non-hydrogen) atoms. The van der Waals surface area contributed by atoms with E-state index in [1.165, 1.54) is 0 Å². The monoisotopic (exact) mass is 518 g/mol. The van der Waals surface area contributed by atoms with E-state index >= 15 is 0 Å². The highest BCUT2D eigenvalue weighted by atomic mass is 127. The van der Waals surface area contributed by atoms with Crippen LogP contribution in [0.5, 0.6) is 0 Å². The lowest BCUT2D eigenvalue weighted by atomic mass is 10.1. The predicted molar refractivity (Wildman–Crippen MR) is 113 cm³/mol. The van der Waals surface area contributed by atoms with E-state index in [1.807, 2.05) is 42.5 Å². The Balaban J connectivity index is 1.62. The van der Waals surface area contributed by atoms with Gasteiger partial charge in [-0.15, -0.1) is 0 Å². The van der Waals surface area contributed by atoms with Crippen LogP contribution in [0.3, 0.4) is 0 Å². The van der Waals surface area contributed by atoms with Crippen LogP contribution in [0.15, 0.2) is 59.1 Å². The molecule has 0 bridgehead atoms. The lowest BCUT2D eigenvalue weighted by molar-refractivity contribution is 0.00601. The van der Waals surface area contributed by atoms with Gasteiger partial charge in [0, 0.05) is 21.9 Å². The number of ether oxygens (including phenoxy) is 2. The van der Waals surface area contributed by atoms with Crippen molar-refractivity contribution in [2.75, 3.05) is 11.0 Å². The van der Waals surface area contributed by atoms with Crippen molar-refractivity contribution in [2.45, 2.75) is 38.3 Å². The summed E-state index contributed by atoms with van der Waals surface area (Å²) in [4.78, 5) is 0. The van der Waals surface area contributed by atoms with Crippen molar-refractivity contribution in [1.82, 2.24) is 0 Å². The van der Waals surface area contributed by atoms with Crippen molar-refractivity contribution in [3.05, 3.63) is 70.2 Å². The molecule has 0 aliphatic rings. The maximum absolute atomic E-state index is 10.2. The van der Waals surface area contributed by atoms with Gasteiger partial charge in [-0.1, -0.05) is 81.0 Å². The molecule has 136 valence electrons. The van der Waals surface area contributed by atoms with Crippen LogP contribution in [-0.4, -0.2) is 28.3 Å². The fourth-order valence-electron chi connectivity index (χ4n) is 2.38. The van der Waals surface area contributed by atoms with Gasteiger partial charge in [0.1, 0.15) is 0 Å². The quantitative estimate of drug-likeness (QED) is 0.255. The minimum absolute atomic E-state index is 0.0577. The summed E-state index contributed by atoms with van der Waals surface area (Å²) in [5, 5.41) is 10.2. The number of rotatable bonds is 11. The van der Waals surface area contributed by atoms with E-state index < -0.39 is 6.10 Å². The summed E-state index contributed by atoms with van der Waals surface area (Å²) in [5.41, 5.74) is 2.29. The third kappa shape index (κ3) is 8.64. The lowest BCUT2D eigenvalue weighted by Gasteiger charge is -2.19. The standard InChI is InChI=1S/C20H24BrIO3/c21-18-8-6-17(7-9-18)14-24-11-10-19(23)12-20(13-22)25-15-16-4-2-1-3-5-16/h1-9,19-20,23H,10-15H2/t19-,20-/m0/s1. The first kappa shape index (κ1) is 20.8. The summed E-state index contributed by atoms with van der Waals surface area (Å²) >= 11 is 5.73. The Hall–Kier alpha value is -0.470. The van der Waals surface area contributed by atoms with E-state index in [9.17, 15) is 5.11 Å². The second kappa shape index (κ2) is 12.0. The van der Waals surface area contributed by atoms with Crippen LogP contribution in [0.1, 0.15) is 24.0 Å². The fraction of sp³-hybridized carbons (Fsp3) is 0.400. The Bertz CT molecular complexity index is 592. The topological polar surface area (TPSA) is 38.7 Å². The number of aliphatic hydroxyl groups is 1. The van der Waals surface area contributed by atoms with E-state index in [1.54, 1.807) is 0 Å². The molecule has 0 heterocycles. The first-order valence-corrected chi connectivity index (χ1v) is 10.7. The van der Waals surface area contributed by atoms with Gasteiger partial charge in [0.25, 0.3) is 0 Å². The summed E-state index contributed by atoms with van der Waals surface area (Å²) in [6.07, 6.45) is 0.915. The highest BCUT2D eigenvalue weighted by Gasteiger charge is 2.14. The minimum atomic E-state index is -0.402. The largest absolute Gasteiger partial charge is 0.393 e. The normalized spacial score (nSPS) is 13.6. The summed E-state index contributed by atoms with van der Waals surface area (Å²) in [6.45, 7) is 1.70. The number of halogens is 2. The van der Waals surface area contributed by atoms with Gasteiger partial charge in [-0.05, 0) is 29.7 Å². The van der Waals surface area contributed by atoms with Gasteiger partial charge in [-0.3, -0.25) is 0 Å². The molecular formula is C20H24BrIO3. The Morgan fingerprint density at radius 3 is 2.32 bits per heavy atom. The molecule has 0 aliphatic carbocycles. The Morgan fingerprint density at radius 1 is 0.960 bits per heavy atom. The van der Waals surface area contributed by atoms with Crippen LogP contribution < -0.4 is 0 Å². The first-order chi connectivity index (χ1) is 12.2. The molecule has 0 saturated carbocycles. The van der Waals surface area contributed by atoms with Crippen molar-refractivity contribution in [1.29, 1.82) is 0 Å². The van der Waals surface area contributed by atoms with Crippen LogP contribution in [-0.2, 0) is 22.7 Å².